The Hall–Kier alpha value is -3.92. The third-order valence-electron chi connectivity index (χ3n) is 3.52. The maximum absolute atomic E-state index is 12.3. The van der Waals surface area contributed by atoms with Gasteiger partial charge in [-0.15, -0.1) is 0 Å². The van der Waals surface area contributed by atoms with E-state index in [0.717, 1.165) is 5.56 Å². The molecule has 0 radical (unpaired) electrons. The molecule has 2 N–H and O–H groups in total. The van der Waals surface area contributed by atoms with Crippen LogP contribution in [-0.4, -0.2) is 16.0 Å². The first-order chi connectivity index (χ1) is 12.7. The van der Waals surface area contributed by atoms with Crippen molar-refractivity contribution >= 4 is 17.4 Å². The van der Waals surface area contributed by atoms with Gasteiger partial charge in [0.05, 0.1) is 18.1 Å². The number of amides is 2. The number of hydrogen-bond acceptors (Lipinski definition) is 5. The first kappa shape index (κ1) is 16.9. The number of hydrogen-bond donors (Lipinski definition) is 2. The van der Waals surface area contributed by atoms with E-state index in [1.807, 2.05) is 31.2 Å². The lowest BCUT2D eigenvalue weighted by atomic mass is 10.2. The molecule has 7 heteroatoms. The van der Waals surface area contributed by atoms with E-state index in [9.17, 15) is 10.1 Å². The van der Waals surface area contributed by atoms with Crippen LogP contribution in [0.15, 0.2) is 61.2 Å². The van der Waals surface area contributed by atoms with E-state index in [1.165, 1.54) is 12.4 Å². The summed E-state index contributed by atoms with van der Waals surface area (Å²) < 4.78 is 5.79. The molecule has 0 aliphatic carbocycles. The minimum Gasteiger partial charge on any atom is -0.454 e. The monoisotopic (exact) mass is 345 g/mol. The molecule has 2 amide bonds. The summed E-state index contributed by atoms with van der Waals surface area (Å²) in [5.74, 6) is 0.772. The molecule has 0 saturated carbocycles. The van der Waals surface area contributed by atoms with Crippen LogP contribution in [0.1, 0.15) is 11.1 Å². The molecule has 0 aliphatic rings. The lowest BCUT2D eigenvalue weighted by molar-refractivity contribution is 0.262. The van der Waals surface area contributed by atoms with Gasteiger partial charge in [0.1, 0.15) is 23.1 Å². The number of carbonyl (C=O) groups excluding carboxylic acids is 1. The van der Waals surface area contributed by atoms with Gasteiger partial charge >= 0.3 is 6.03 Å². The maximum atomic E-state index is 12.3. The average Bonchev–Trinajstić information content (AvgIpc) is 2.66. The number of nitrogens with zero attached hydrogens (tertiary/aromatic N) is 3. The van der Waals surface area contributed by atoms with Crippen LogP contribution >= 0.6 is 0 Å². The van der Waals surface area contributed by atoms with E-state index < -0.39 is 6.03 Å². The molecule has 0 bridgehead atoms. The molecule has 1 aromatic carbocycles. The van der Waals surface area contributed by atoms with Gasteiger partial charge in [-0.3, -0.25) is 9.97 Å². The second-order valence-electron chi connectivity index (χ2n) is 5.36. The molecule has 0 unspecified atom stereocenters. The van der Waals surface area contributed by atoms with Crippen LogP contribution < -0.4 is 15.4 Å². The van der Waals surface area contributed by atoms with Gasteiger partial charge in [-0.2, -0.15) is 5.26 Å². The van der Waals surface area contributed by atoms with E-state index in [1.54, 1.807) is 30.6 Å². The Morgan fingerprint density at radius 1 is 1.04 bits per heavy atom. The van der Waals surface area contributed by atoms with E-state index >= 15 is 0 Å². The van der Waals surface area contributed by atoms with Gasteiger partial charge in [-0.25, -0.2) is 4.79 Å². The van der Waals surface area contributed by atoms with Crippen LogP contribution in [0.25, 0.3) is 0 Å². The lowest BCUT2D eigenvalue weighted by Gasteiger charge is -2.14. The summed E-state index contributed by atoms with van der Waals surface area (Å²) in [7, 11) is 0. The minimum absolute atomic E-state index is 0.212. The largest absolute Gasteiger partial charge is 0.454 e. The number of anilines is 2. The minimum atomic E-state index is -0.490. The summed E-state index contributed by atoms with van der Waals surface area (Å²) in [4.78, 5) is 20.3. The number of aryl methyl sites for hydroxylation is 1. The standard InChI is InChI=1S/C19H15N5O2/c1-13-7-8-21-11-16(13)23-19(25)24-17-12-22-10-14(9-20)18(17)26-15-5-3-2-4-6-15/h2-8,10-12H,1H3,(H2,23,24,25). The molecule has 0 aliphatic heterocycles. The van der Waals surface area contributed by atoms with Crippen molar-refractivity contribution < 1.29 is 9.53 Å². The number of pyridine rings is 2. The third kappa shape index (κ3) is 3.94. The van der Waals surface area contributed by atoms with Crippen LogP contribution in [-0.2, 0) is 0 Å². The number of nitriles is 1. The van der Waals surface area contributed by atoms with Crippen molar-refractivity contribution in [3.05, 3.63) is 72.3 Å². The number of ether oxygens (including phenoxy) is 1. The quantitative estimate of drug-likeness (QED) is 0.742. The summed E-state index contributed by atoms with van der Waals surface area (Å²) in [6.45, 7) is 1.86. The van der Waals surface area contributed by atoms with Crippen molar-refractivity contribution in [1.82, 2.24) is 9.97 Å². The van der Waals surface area contributed by atoms with E-state index in [0.29, 0.717) is 11.4 Å². The first-order valence-corrected chi connectivity index (χ1v) is 7.77. The zero-order valence-electron chi connectivity index (χ0n) is 13.9. The number of aromatic nitrogens is 2. The highest BCUT2D eigenvalue weighted by molar-refractivity contribution is 6.01. The summed E-state index contributed by atoms with van der Waals surface area (Å²) in [6.07, 6.45) is 6.01. The predicted octanol–water partition coefficient (Wildman–Crippen LogP) is 4.09. The van der Waals surface area contributed by atoms with Crippen molar-refractivity contribution in [1.29, 1.82) is 5.26 Å². The fraction of sp³-hybridized carbons (Fsp3) is 0.0526. The van der Waals surface area contributed by atoms with Crippen LogP contribution in [0.4, 0.5) is 16.2 Å². The van der Waals surface area contributed by atoms with Crippen LogP contribution in [0.3, 0.4) is 0 Å². The average molecular weight is 345 g/mol. The second-order valence-corrected chi connectivity index (χ2v) is 5.36. The molecule has 0 fully saturated rings. The van der Waals surface area contributed by atoms with Crippen molar-refractivity contribution in [3.63, 3.8) is 0 Å². The highest BCUT2D eigenvalue weighted by Crippen LogP contribution is 2.32. The number of carbonyl (C=O) groups is 1. The topological polar surface area (TPSA) is 99.9 Å². The summed E-state index contributed by atoms with van der Waals surface area (Å²) in [5, 5.41) is 14.7. The van der Waals surface area contributed by atoms with Gasteiger partial charge in [-0.05, 0) is 30.7 Å². The molecule has 2 aromatic heterocycles. The molecular formula is C19H15N5O2. The fourth-order valence-electron chi connectivity index (χ4n) is 2.20. The molecule has 26 heavy (non-hydrogen) atoms. The highest BCUT2D eigenvalue weighted by Gasteiger charge is 2.15. The summed E-state index contributed by atoms with van der Waals surface area (Å²) in [6, 6.07) is 12.3. The molecule has 2 heterocycles. The molecular weight excluding hydrogens is 330 g/mol. The van der Waals surface area contributed by atoms with Crippen molar-refractivity contribution in [2.45, 2.75) is 6.92 Å². The molecule has 0 spiro atoms. The van der Waals surface area contributed by atoms with E-state index in [2.05, 4.69) is 20.6 Å². The van der Waals surface area contributed by atoms with Crippen molar-refractivity contribution in [3.8, 4) is 17.6 Å². The Labute approximate surface area is 150 Å². The zero-order chi connectivity index (χ0) is 18.4. The number of nitrogens with one attached hydrogen (secondary N) is 2. The number of para-hydroxylation sites is 1. The Bertz CT molecular complexity index is 967. The Kier molecular flexibility index (Phi) is 5.05. The first-order valence-electron chi connectivity index (χ1n) is 7.77. The number of urea groups is 1. The predicted molar refractivity (Wildman–Crippen MR) is 97.1 cm³/mol. The van der Waals surface area contributed by atoms with Crippen LogP contribution in [0, 0.1) is 18.3 Å². The number of rotatable bonds is 4. The molecule has 3 aromatic rings. The zero-order valence-corrected chi connectivity index (χ0v) is 13.9. The third-order valence-corrected chi connectivity index (χ3v) is 3.52. The molecule has 3 rings (SSSR count). The molecule has 0 saturated heterocycles. The Balaban J connectivity index is 1.84. The van der Waals surface area contributed by atoms with Crippen LogP contribution in [0.2, 0.25) is 0 Å². The molecule has 7 nitrogen and oxygen atoms in total. The van der Waals surface area contributed by atoms with Gasteiger partial charge in [0.15, 0.2) is 5.75 Å². The SMILES string of the molecule is Cc1ccncc1NC(=O)Nc1cncc(C#N)c1Oc1ccccc1. The second kappa shape index (κ2) is 7.77. The van der Waals surface area contributed by atoms with Crippen molar-refractivity contribution in [2.24, 2.45) is 0 Å². The van der Waals surface area contributed by atoms with Gasteiger partial charge in [0, 0.05) is 12.4 Å². The van der Waals surface area contributed by atoms with E-state index in [4.69, 9.17) is 4.74 Å². The van der Waals surface area contributed by atoms with Gasteiger partial charge in [0.25, 0.3) is 0 Å². The summed E-state index contributed by atoms with van der Waals surface area (Å²) >= 11 is 0. The molecule has 128 valence electrons. The lowest BCUT2D eigenvalue weighted by Crippen LogP contribution is -2.20. The van der Waals surface area contributed by atoms with Gasteiger partial charge in [-0.1, -0.05) is 18.2 Å². The Morgan fingerprint density at radius 2 is 1.77 bits per heavy atom. The fourth-order valence-corrected chi connectivity index (χ4v) is 2.20. The van der Waals surface area contributed by atoms with Crippen molar-refractivity contribution in [2.75, 3.05) is 10.6 Å². The smallest absolute Gasteiger partial charge is 0.323 e. The van der Waals surface area contributed by atoms with Gasteiger partial charge < -0.3 is 15.4 Å². The highest BCUT2D eigenvalue weighted by atomic mass is 16.5. The maximum Gasteiger partial charge on any atom is 0.323 e. The van der Waals surface area contributed by atoms with Crippen LogP contribution in [0.5, 0.6) is 11.5 Å². The normalized spacial score (nSPS) is 9.85. The van der Waals surface area contributed by atoms with E-state index in [-0.39, 0.29) is 17.0 Å². The number of benzene rings is 1. The summed E-state index contributed by atoms with van der Waals surface area (Å²) in [5.41, 5.74) is 1.95. The Morgan fingerprint density at radius 3 is 2.50 bits per heavy atom. The van der Waals surface area contributed by atoms with Gasteiger partial charge in [0.2, 0.25) is 0 Å². The molecule has 0 atom stereocenters.